The third kappa shape index (κ3) is 10.8. The molecule has 0 aromatic heterocycles. The average Bonchev–Trinajstić information content (AvgIpc) is 4.21. The Kier molecular flexibility index (Phi) is 12.1. The molecule has 2 fully saturated rings. The lowest BCUT2D eigenvalue weighted by Gasteiger charge is -2.09. The quantitative estimate of drug-likeness (QED) is 0.0358. The number of esters is 4. The summed E-state index contributed by atoms with van der Waals surface area (Å²) in [6, 6.07) is 34.3. The van der Waals surface area contributed by atoms with Gasteiger partial charge in [0.25, 0.3) is 0 Å². The molecule has 300 valence electrons. The molecule has 2 aliphatic rings. The Morgan fingerprint density at radius 1 is 0.424 bits per heavy atom. The van der Waals surface area contributed by atoms with E-state index in [1.54, 1.807) is 121 Å². The van der Waals surface area contributed by atoms with Crippen molar-refractivity contribution in [2.75, 3.05) is 39.6 Å². The van der Waals surface area contributed by atoms with Crippen LogP contribution in [0.4, 0.5) is 0 Å². The normalized spacial score (nSPS) is 15.3. The van der Waals surface area contributed by atoms with Gasteiger partial charge in [-0.15, -0.1) is 0 Å². The largest absolute Gasteiger partial charge is 0.491 e. The summed E-state index contributed by atoms with van der Waals surface area (Å²) in [6.45, 7) is 2.83. The van der Waals surface area contributed by atoms with Gasteiger partial charge in [0.2, 0.25) is 0 Å². The minimum absolute atomic E-state index is 0.147. The third-order valence-electron chi connectivity index (χ3n) is 9.63. The van der Waals surface area contributed by atoms with Crippen LogP contribution in [0.1, 0.15) is 60.7 Å². The van der Waals surface area contributed by atoms with E-state index in [2.05, 4.69) is 0 Å². The predicted molar refractivity (Wildman–Crippen MR) is 216 cm³/mol. The Morgan fingerprint density at radius 2 is 0.780 bits per heavy atom. The highest BCUT2D eigenvalue weighted by molar-refractivity contribution is 5.98. The minimum atomic E-state index is -0.492. The maximum Gasteiger partial charge on any atom is 0.343 e. The lowest BCUT2D eigenvalue weighted by Crippen LogP contribution is -2.09. The van der Waals surface area contributed by atoms with Crippen LogP contribution < -0.4 is 18.9 Å². The topological polar surface area (TPSA) is 149 Å². The number of carbonyl (C=O) groups excluding carboxylic acids is 4. The molecule has 2 heterocycles. The van der Waals surface area contributed by atoms with Crippen molar-refractivity contribution in [3.63, 3.8) is 0 Å². The second-order valence-corrected chi connectivity index (χ2v) is 14.1. The Bertz CT molecular complexity index is 2300. The smallest absolute Gasteiger partial charge is 0.343 e. The molecule has 0 spiro atoms. The first-order chi connectivity index (χ1) is 28.8. The van der Waals surface area contributed by atoms with Gasteiger partial charge in [-0.2, -0.15) is 0 Å². The minimum Gasteiger partial charge on any atom is -0.491 e. The number of hydrogen-bond donors (Lipinski definition) is 0. The van der Waals surface area contributed by atoms with Crippen LogP contribution in [0.15, 0.2) is 121 Å². The van der Waals surface area contributed by atoms with E-state index in [9.17, 15) is 19.2 Å². The molecule has 0 bridgehead atoms. The van der Waals surface area contributed by atoms with Crippen molar-refractivity contribution in [1.29, 1.82) is 0 Å². The molecule has 6 aromatic carbocycles. The van der Waals surface area contributed by atoms with Gasteiger partial charge in [0, 0.05) is 0 Å². The van der Waals surface area contributed by atoms with Crippen LogP contribution in [-0.4, -0.2) is 75.7 Å². The van der Waals surface area contributed by atoms with Crippen LogP contribution in [0.3, 0.4) is 0 Å². The number of ether oxygens (including phenoxy) is 8. The van der Waals surface area contributed by atoms with E-state index in [-0.39, 0.29) is 25.4 Å². The zero-order valence-corrected chi connectivity index (χ0v) is 32.0. The summed E-state index contributed by atoms with van der Waals surface area (Å²) in [6.07, 6.45) is 2.20. The van der Waals surface area contributed by atoms with Gasteiger partial charge >= 0.3 is 23.9 Å². The highest BCUT2D eigenvalue weighted by Gasteiger charge is 2.24. The van der Waals surface area contributed by atoms with E-state index < -0.39 is 23.9 Å². The fourth-order valence-electron chi connectivity index (χ4n) is 6.12. The van der Waals surface area contributed by atoms with Crippen molar-refractivity contribution in [2.24, 2.45) is 0 Å². The molecule has 59 heavy (non-hydrogen) atoms. The number of unbranched alkanes of at least 4 members (excludes halogenated alkanes) is 2. The van der Waals surface area contributed by atoms with Crippen LogP contribution in [0, 0.1) is 0 Å². The van der Waals surface area contributed by atoms with Gasteiger partial charge in [0.05, 0.1) is 48.7 Å². The molecular formula is C47H40O12. The first-order valence-electron chi connectivity index (χ1n) is 19.4. The summed E-state index contributed by atoms with van der Waals surface area (Å²) in [7, 11) is 0. The molecule has 0 saturated carbocycles. The SMILES string of the molecule is O=C(OCCCCCOC(=O)c1ccc2cc(OC(=O)c3ccc(OCC4CO4)cc3)ccc2c1)c1ccc2cc(OC(=O)c3ccc(OCC4CO4)cc3)ccc2c1. The first kappa shape index (κ1) is 39.1. The van der Waals surface area contributed by atoms with Crippen LogP contribution in [0.2, 0.25) is 0 Å². The van der Waals surface area contributed by atoms with E-state index in [1.165, 1.54) is 0 Å². The molecule has 0 radical (unpaired) electrons. The Morgan fingerprint density at radius 3 is 1.19 bits per heavy atom. The van der Waals surface area contributed by atoms with Crippen molar-refractivity contribution in [3.05, 3.63) is 144 Å². The van der Waals surface area contributed by atoms with E-state index in [1.807, 2.05) is 0 Å². The van der Waals surface area contributed by atoms with Crippen molar-refractivity contribution < 1.29 is 57.1 Å². The highest BCUT2D eigenvalue weighted by Crippen LogP contribution is 2.26. The van der Waals surface area contributed by atoms with E-state index in [0.717, 1.165) is 21.5 Å². The number of fused-ring (bicyclic) bond motifs is 2. The number of benzene rings is 6. The maximum absolute atomic E-state index is 12.8. The van der Waals surface area contributed by atoms with Crippen LogP contribution in [0.5, 0.6) is 23.0 Å². The summed E-state index contributed by atoms with van der Waals surface area (Å²) >= 11 is 0. The van der Waals surface area contributed by atoms with Gasteiger partial charge in [-0.3, -0.25) is 0 Å². The molecule has 6 aromatic rings. The predicted octanol–water partition coefficient (Wildman–Crippen LogP) is 8.17. The van der Waals surface area contributed by atoms with Gasteiger partial charge in [0.15, 0.2) is 0 Å². The van der Waals surface area contributed by atoms with Gasteiger partial charge in [-0.25, -0.2) is 19.2 Å². The van der Waals surface area contributed by atoms with E-state index in [4.69, 9.17) is 37.9 Å². The van der Waals surface area contributed by atoms with Crippen LogP contribution in [-0.2, 0) is 18.9 Å². The Labute approximate surface area is 339 Å². The lowest BCUT2D eigenvalue weighted by atomic mass is 10.1. The molecule has 12 nitrogen and oxygen atoms in total. The molecule has 12 heteroatoms. The molecule has 0 amide bonds. The van der Waals surface area contributed by atoms with Crippen molar-refractivity contribution in [2.45, 2.75) is 31.5 Å². The van der Waals surface area contributed by atoms with E-state index in [0.29, 0.717) is 90.9 Å². The molecule has 2 unspecified atom stereocenters. The van der Waals surface area contributed by atoms with Gasteiger partial charge in [-0.05, 0) is 138 Å². The first-order valence-corrected chi connectivity index (χ1v) is 19.4. The second kappa shape index (κ2) is 18.2. The Hall–Kier alpha value is -6.76. The van der Waals surface area contributed by atoms with Gasteiger partial charge in [0.1, 0.15) is 48.4 Å². The monoisotopic (exact) mass is 796 g/mol. The summed E-state index contributed by atoms with van der Waals surface area (Å²) in [5.74, 6) is 0.204. The second-order valence-electron chi connectivity index (χ2n) is 14.1. The van der Waals surface area contributed by atoms with Crippen molar-refractivity contribution >= 4 is 45.4 Å². The molecular weight excluding hydrogens is 757 g/mol. The fraction of sp³-hybridized carbons (Fsp3) is 0.234. The number of rotatable bonds is 18. The molecule has 0 N–H and O–H groups in total. The standard InChI is InChI=1S/C47H40O12/c48-44(36-6-4-34-24-40(18-12-32(34)22-36)58-46(50)30-8-14-38(15-9-30)54-26-42-28-56-42)52-20-2-1-3-21-53-45(49)37-7-5-35-25-41(19-13-33(35)23-37)59-47(51)31-10-16-39(17-11-31)55-27-43-29-57-43/h4-19,22-25,42-43H,1-3,20-21,26-29H2. The molecule has 2 atom stereocenters. The summed E-state index contributed by atoms with van der Waals surface area (Å²) in [5.41, 5.74) is 1.60. The fourth-order valence-corrected chi connectivity index (χ4v) is 6.12. The van der Waals surface area contributed by atoms with Crippen molar-refractivity contribution in [3.8, 4) is 23.0 Å². The van der Waals surface area contributed by atoms with Crippen LogP contribution in [0.25, 0.3) is 21.5 Å². The lowest BCUT2D eigenvalue weighted by molar-refractivity contribution is 0.0477. The number of carbonyl (C=O) groups is 4. The molecule has 2 saturated heterocycles. The average molecular weight is 797 g/mol. The van der Waals surface area contributed by atoms with Gasteiger partial charge < -0.3 is 37.9 Å². The zero-order chi connectivity index (χ0) is 40.6. The summed E-state index contributed by atoms with van der Waals surface area (Å²) < 4.78 is 43.6. The molecule has 0 aliphatic carbocycles. The van der Waals surface area contributed by atoms with Crippen molar-refractivity contribution in [1.82, 2.24) is 0 Å². The molecule has 8 rings (SSSR count). The maximum atomic E-state index is 12.8. The summed E-state index contributed by atoms with van der Waals surface area (Å²) in [4.78, 5) is 50.9. The van der Waals surface area contributed by atoms with Crippen LogP contribution >= 0.6 is 0 Å². The number of epoxide rings is 2. The Balaban J connectivity index is 0.727. The third-order valence-corrected chi connectivity index (χ3v) is 9.63. The highest BCUT2D eigenvalue weighted by atomic mass is 16.6. The number of hydrogen-bond acceptors (Lipinski definition) is 12. The van der Waals surface area contributed by atoms with E-state index >= 15 is 0 Å². The zero-order valence-electron chi connectivity index (χ0n) is 32.0. The summed E-state index contributed by atoms with van der Waals surface area (Å²) in [5, 5.41) is 3.19. The molecule has 2 aliphatic heterocycles. The van der Waals surface area contributed by atoms with Gasteiger partial charge in [-0.1, -0.05) is 24.3 Å².